The van der Waals surface area contributed by atoms with Gasteiger partial charge in [-0.2, -0.15) is 0 Å². The number of carbonyl (C=O) groups excluding carboxylic acids is 1. The molecule has 0 aliphatic carbocycles. The van der Waals surface area contributed by atoms with E-state index in [0.29, 0.717) is 18.7 Å². The Labute approximate surface area is 216 Å². The summed E-state index contributed by atoms with van der Waals surface area (Å²) in [6.45, 7) is 3.23. The van der Waals surface area contributed by atoms with Crippen LogP contribution in [0.1, 0.15) is 41.6 Å². The molecule has 2 aromatic rings. The molecule has 0 bridgehead atoms. The Morgan fingerprint density at radius 1 is 1.25 bits per heavy atom. The number of carbonyl (C=O) groups is 1. The maximum Gasteiger partial charge on any atom is 0.255 e. The van der Waals surface area contributed by atoms with E-state index in [4.69, 9.17) is 25.8 Å². The number of likely N-dealkylation sites (tertiary alicyclic amines) is 1. The summed E-state index contributed by atoms with van der Waals surface area (Å²) in [7, 11) is 0. The molecule has 8 nitrogen and oxygen atoms in total. The van der Waals surface area contributed by atoms with E-state index in [1.807, 2.05) is 18.2 Å². The van der Waals surface area contributed by atoms with E-state index in [1.54, 1.807) is 0 Å². The van der Waals surface area contributed by atoms with E-state index in [2.05, 4.69) is 10.2 Å². The Hall–Kier alpha value is -2.52. The fourth-order valence-electron chi connectivity index (χ4n) is 5.29. The highest BCUT2D eigenvalue weighted by Crippen LogP contribution is 2.42. The van der Waals surface area contributed by atoms with Crippen LogP contribution in [0.15, 0.2) is 36.4 Å². The third kappa shape index (κ3) is 5.89. The van der Waals surface area contributed by atoms with Crippen molar-refractivity contribution in [2.45, 2.75) is 49.9 Å². The van der Waals surface area contributed by atoms with Gasteiger partial charge in [0.1, 0.15) is 35.6 Å². The molecule has 36 heavy (non-hydrogen) atoms. The lowest BCUT2D eigenvalue weighted by Gasteiger charge is -2.39. The number of aromatic hydroxyl groups is 1. The number of phenols is 1. The van der Waals surface area contributed by atoms with Crippen LogP contribution in [0.5, 0.6) is 17.2 Å². The van der Waals surface area contributed by atoms with Crippen LogP contribution in [0.3, 0.4) is 0 Å². The molecule has 9 heteroatoms. The Kier molecular flexibility index (Phi) is 7.57. The molecule has 3 heterocycles. The number of aliphatic hydroxyl groups excluding tert-OH is 1. The fraction of sp³-hybridized carbons (Fsp3) is 0.519. The van der Waals surface area contributed by atoms with Gasteiger partial charge in [-0.3, -0.25) is 4.79 Å². The van der Waals surface area contributed by atoms with Crippen LogP contribution in [0.25, 0.3) is 0 Å². The topological polar surface area (TPSA) is 100 Å². The first-order chi connectivity index (χ1) is 17.4. The zero-order chi connectivity index (χ0) is 25.1. The number of halogens is 1. The molecule has 5 rings (SSSR count). The van der Waals surface area contributed by atoms with Crippen molar-refractivity contribution in [1.29, 1.82) is 0 Å². The van der Waals surface area contributed by atoms with Gasteiger partial charge in [-0.05, 0) is 48.7 Å². The zero-order valence-electron chi connectivity index (χ0n) is 20.2. The number of benzene rings is 2. The van der Waals surface area contributed by atoms with Crippen LogP contribution in [0, 0.1) is 0 Å². The average molecular weight is 517 g/mol. The van der Waals surface area contributed by atoms with Gasteiger partial charge in [-0.15, -0.1) is 0 Å². The number of piperidine rings is 1. The molecule has 2 saturated heterocycles. The molecule has 0 radical (unpaired) electrons. The lowest BCUT2D eigenvalue weighted by molar-refractivity contribution is -0.00201. The van der Waals surface area contributed by atoms with Crippen LogP contribution >= 0.6 is 11.6 Å². The van der Waals surface area contributed by atoms with E-state index in [-0.39, 0.29) is 35.7 Å². The number of rotatable bonds is 8. The molecule has 2 atom stereocenters. The first-order valence-corrected chi connectivity index (χ1v) is 13.0. The number of nitrogens with one attached hydrogen (secondary N) is 1. The van der Waals surface area contributed by atoms with Gasteiger partial charge in [0.15, 0.2) is 0 Å². The van der Waals surface area contributed by atoms with Gasteiger partial charge in [0.2, 0.25) is 0 Å². The highest BCUT2D eigenvalue weighted by Gasteiger charge is 2.42. The fourth-order valence-corrected chi connectivity index (χ4v) is 5.48. The van der Waals surface area contributed by atoms with Crippen molar-refractivity contribution in [1.82, 2.24) is 10.2 Å². The van der Waals surface area contributed by atoms with E-state index >= 15 is 0 Å². The number of ether oxygens (including phenoxy) is 3. The maximum absolute atomic E-state index is 12.7. The lowest BCUT2D eigenvalue weighted by Crippen LogP contribution is -2.49. The number of aliphatic hydroxyl groups is 1. The predicted molar refractivity (Wildman–Crippen MR) is 135 cm³/mol. The molecular formula is C27H33ClN2O6. The molecule has 1 unspecified atom stereocenters. The van der Waals surface area contributed by atoms with Gasteiger partial charge in [0, 0.05) is 63.1 Å². The maximum atomic E-state index is 12.7. The van der Waals surface area contributed by atoms with Gasteiger partial charge in [0.25, 0.3) is 5.91 Å². The van der Waals surface area contributed by atoms with Crippen molar-refractivity contribution < 1.29 is 29.2 Å². The van der Waals surface area contributed by atoms with E-state index < -0.39 is 6.10 Å². The Morgan fingerprint density at radius 2 is 2.08 bits per heavy atom. The van der Waals surface area contributed by atoms with Crippen LogP contribution in [0.4, 0.5) is 0 Å². The second-order valence-corrected chi connectivity index (χ2v) is 10.4. The van der Waals surface area contributed by atoms with Crippen molar-refractivity contribution >= 4 is 17.5 Å². The molecule has 0 aromatic heterocycles. The monoisotopic (exact) mass is 516 g/mol. The number of fused-ring (bicyclic) bond motifs is 1. The third-order valence-electron chi connectivity index (χ3n) is 7.25. The van der Waals surface area contributed by atoms with Crippen molar-refractivity contribution in [3.8, 4) is 17.2 Å². The summed E-state index contributed by atoms with van der Waals surface area (Å²) in [5.74, 6) is 0.862. The Bertz CT molecular complexity index is 1080. The Balaban J connectivity index is 1.10. The third-order valence-corrected chi connectivity index (χ3v) is 7.49. The minimum Gasteiger partial charge on any atom is -0.508 e. The molecule has 194 valence electrons. The highest BCUT2D eigenvalue weighted by molar-refractivity contribution is 6.30. The van der Waals surface area contributed by atoms with Crippen LogP contribution in [0.2, 0.25) is 5.02 Å². The Morgan fingerprint density at radius 3 is 2.86 bits per heavy atom. The van der Waals surface area contributed by atoms with Gasteiger partial charge < -0.3 is 34.6 Å². The summed E-state index contributed by atoms with van der Waals surface area (Å²) >= 11 is 6.14. The largest absolute Gasteiger partial charge is 0.508 e. The minimum atomic E-state index is -0.746. The smallest absolute Gasteiger partial charge is 0.255 e. The predicted octanol–water partition coefficient (Wildman–Crippen LogP) is 3.16. The van der Waals surface area contributed by atoms with E-state index in [9.17, 15) is 15.0 Å². The molecule has 2 aromatic carbocycles. The van der Waals surface area contributed by atoms with Gasteiger partial charge in [-0.25, -0.2) is 0 Å². The van der Waals surface area contributed by atoms with Gasteiger partial charge in [0.05, 0.1) is 11.7 Å². The first-order valence-electron chi connectivity index (χ1n) is 12.6. The minimum absolute atomic E-state index is 0.00431. The summed E-state index contributed by atoms with van der Waals surface area (Å²) in [4.78, 5) is 14.9. The summed E-state index contributed by atoms with van der Waals surface area (Å²) in [6.07, 6.45) is 3.81. The summed E-state index contributed by atoms with van der Waals surface area (Å²) in [6, 6.07) is 10.2. The van der Waals surface area contributed by atoms with Crippen LogP contribution < -0.4 is 14.8 Å². The quantitative estimate of drug-likeness (QED) is 0.495. The molecule has 3 N–H and O–H groups in total. The summed E-state index contributed by atoms with van der Waals surface area (Å²) in [5, 5.41) is 24.2. The zero-order valence-corrected chi connectivity index (χ0v) is 21.0. The van der Waals surface area contributed by atoms with Gasteiger partial charge in [-0.1, -0.05) is 11.6 Å². The molecule has 1 spiro atoms. The number of hydrogen-bond acceptors (Lipinski definition) is 7. The van der Waals surface area contributed by atoms with Crippen LogP contribution in [-0.4, -0.2) is 78.2 Å². The molecule has 3 aliphatic heterocycles. The summed E-state index contributed by atoms with van der Waals surface area (Å²) in [5.41, 5.74) is 1.28. The van der Waals surface area contributed by atoms with E-state index in [1.165, 1.54) is 18.2 Å². The average Bonchev–Trinajstić information content (AvgIpc) is 3.50. The standard InChI is InChI=1S/C27H33ClN2O6/c28-19-3-6-24-18(12-19)14-27(36-24)7-9-30(10-8-27)16-21(32)17-35-25-13-20(31)4-5-23(25)26(33)29-15-22-2-1-11-34-22/h3-6,12-13,21-22,31-32H,1-2,7-11,14-17H2,(H,29,33)/t21-,22?/m1/s1. The number of hydrogen-bond donors (Lipinski definition) is 3. The molecule has 2 fully saturated rings. The number of β-amino-alcohol motifs (C(OH)–C–C–N with tert-alkyl or cyclic N) is 1. The van der Waals surface area contributed by atoms with Gasteiger partial charge >= 0.3 is 0 Å². The number of phenolic OH excluding ortho intramolecular Hbond substituents is 1. The highest BCUT2D eigenvalue weighted by atomic mass is 35.5. The molecular weight excluding hydrogens is 484 g/mol. The second-order valence-electron chi connectivity index (χ2n) is 10.0. The second kappa shape index (κ2) is 10.8. The number of amides is 1. The van der Waals surface area contributed by atoms with Crippen molar-refractivity contribution in [2.24, 2.45) is 0 Å². The molecule has 3 aliphatic rings. The normalized spacial score (nSPS) is 21.7. The van der Waals surface area contributed by atoms with Crippen molar-refractivity contribution in [2.75, 3.05) is 39.4 Å². The number of nitrogens with zero attached hydrogens (tertiary/aromatic N) is 1. The lowest BCUT2D eigenvalue weighted by atomic mass is 9.87. The van der Waals surface area contributed by atoms with E-state index in [0.717, 1.165) is 68.1 Å². The van der Waals surface area contributed by atoms with Crippen molar-refractivity contribution in [3.63, 3.8) is 0 Å². The SMILES string of the molecule is O=C(NCC1CCCO1)c1ccc(O)cc1OC[C@H](O)CN1CCC2(CC1)Cc1cc(Cl)ccc1O2. The first kappa shape index (κ1) is 25.1. The van der Waals surface area contributed by atoms with Crippen LogP contribution in [-0.2, 0) is 11.2 Å². The molecule has 1 amide bonds. The summed E-state index contributed by atoms with van der Waals surface area (Å²) < 4.78 is 17.7. The molecule has 0 saturated carbocycles. The van der Waals surface area contributed by atoms with Crippen molar-refractivity contribution in [3.05, 3.63) is 52.5 Å².